The Balaban J connectivity index is 2.11. The number of carbonyl (C=O) groups excluding carboxylic acids is 1. The molecule has 1 unspecified atom stereocenters. The fourth-order valence-corrected chi connectivity index (χ4v) is 3.11. The quantitative estimate of drug-likeness (QED) is 0.774. The third-order valence-corrected chi connectivity index (χ3v) is 4.17. The van der Waals surface area contributed by atoms with E-state index < -0.39 is 0 Å². The maximum atomic E-state index is 11.9. The molecule has 2 rings (SSSR count). The van der Waals surface area contributed by atoms with Crippen molar-refractivity contribution in [1.82, 2.24) is 0 Å². The molecule has 0 radical (unpaired) electrons. The van der Waals surface area contributed by atoms with Gasteiger partial charge in [0.1, 0.15) is 6.10 Å². The van der Waals surface area contributed by atoms with Gasteiger partial charge in [-0.3, -0.25) is 4.79 Å². The molecule has 1 aliphatic heterocycles. The zero-order valence-corrected chi connectivity index (χ0v) is 10.1. The lowest BCUT2D eigenvalue weighted by Gasteiger charge is -2.20. The number of hydrogen-bond acceptors (Lipinski definition) is 3. The Morgan fingerprint density at radius 1 is 1.57 bits per heavy atom. The lowest BCUT2D eigenvalue weighted by atomic mass is 10.0. The molecule has 2 heterocycles. The summed E-state index contributed by atoms with van der Waals surface area (Å²) in [6, 6.07) is 1.90. The predicted molar refractivity (Wildman–Crippen MR) is 59.9 cm³/mol. The second-order valence-corrected chi connectivity index (χ2v) is 5.09. The number of rotatable bonds is 2. The van der Waals surface area contributed by atoms with Crippen LogP contribution in [0.25, 0.3) is 0 Å². The molecule has 0 amide bonds. The Hall–Kier alpha value is -0.190. The first kappa shape index (κ1) is 10.3. The van der Waals surface area contributed by atoms with Gasteiger partial charge in [-0.1, -0.05) is 0 Å². The Morgan fingerprint density at radius 3 is 3.00 bits per heavy atom. The SMILES string of the molecule is O=C(c1sccc1Br)C1CCCCO1. The number of carbonyl (C=O) groups is 1. The molecule has 2 nitrogen and oxygen atoms in total. The zero-order valence-electron chi connectivity index (χ0n) is 7.66. The smallest absolute Gasteiger partial charge is 0.202 e. The first-order chi connectivity index (χ1) is 6.79. The van der Waals surface area contributed by atoms with Gasteiger partial charge < -0.3 is 4.74 Å². The van der Waals surface area contributed by atoms with Crippen LogP contribution in [0.1, 0.15) is 28.9 Å². The van der Waals surface area contributed by atoms with Gasteiger partial charge in [0.2, 0.25) is 5.78 Å². The molecule has 1 fully saturated rings. The molecule has 1 atom stereocenters. The van der Waals surface area contributed by atoms with E-state index in [2.05, 4.69) is 15.9 Å². The van der Waals surface area contributed by atoms with Crippen LogP contribution in [0, 0.1) is 0 Å². The van der Waals surface area contributed by atoms with Gasteiger partial charge in [-0.25, -0.2) is 0 Å². The molecule has 76 valence electrons. The topological polar surface area (TPSA) is 26.3 Å². The first-order valence-electron chi connectivity index (χ1n) is 4.68. The highest BCUT2D eigenvalue weighted by atomic mass is 79.9. The van der Waals surface area contributed by atoms with Crippen molar-refractivity contribution in [2.24, 2.45) is 0 Å². The fourth-order valence-electron chi connectivity index (χ4n) is 1.56. The minimum Gasteiger partial charge on any atom is -0.370 e. The summed E-state index contributed by atoms with van der Waals surface area (Å²) in [5, 5.41) is 1.92. The average molecular weight is 275 g/mol. The average Bonchev–Trinajstić information content (AvgIpc) is 2.65. The largest absolute Gasteiger partial charge is 0.370 e. The monoisotopic (exact) mass is 274 g/mol. The normalized spacial score (nSPS) is 22.2. The van der Waals surface area contributed by atoms with Gasteiger partial charge in [-0.2, -0.15) is 0 Å². The molecule has 0 bridgehead atoms. The Bertz CT molecular complexity index is 329. The predicted octanol–water partition coefficient (Wildman–Crippen LogP) is 3.26. The van der Waals surface area contributed by atoms with Gasteiger partial charge >= 0.3 is 0 Å². The van der Waals surface area contributed by atoms with Crippen LogP contribution in [0.3, 0.4) is 0 Å². The molecule has 4 heteroatoms. The molecule has 14 heavy (non-hydrogen) atoms. The first-order valence-corrected chi connectivity index (χ1v) is 6.35. The molecule has 0 spiro atoms. The summed E-state index contributed by atoms with van der Waals surface area (Å²) >= 11 is 4.84. The number of hydrogen-bond donors (Lipinski definition) is 0. The van der Waals surface area contributed by atoms with Crippen LogP contribution in [0.5, 0.6) is 0 Å². The third-order valence-electron chi connectivity index (χ3n) is 2.31. The molecule has 0 N–H and O–H groups in total. The molecule has 0 saturated carbocycles. The second-order valence-electron chi connectivity index (χ2n) is 3.32. The van der Waals surface area contributed by atoms with Crippen molar-refractivity contribution in [3.63, 3.8) is 0 Å². The number of halogens is 1. The Kier molecular flexibility index (Phi) is 3.36. The maximum Gasteiger partial charge on any atom is 0.202 e. The van der Waals surface area contributed by atoms with Crippen molar-refractivity contribution in [2.45, 2.75) is 25.4 Å². The summed E-state index contributed by atoms with van der Waals surface area (Å²) in [7, 11) is 0. The van der Waals surface area contributed by atoms with E-state index in [4.69, 9.17) is 4.74 Å². The molecular formula is C10H11BrO2S. The van der Waals surface area contributed by atoms with Crippen LogP contribution < -0.4 is 0 Å². The molecule has 1 aromatic rings. The molecule has 0 aromatic carbocycles. The lowest BCUT2D eigenvalue weighted by molar-refractivity contribution is 0.0189. The van der Waals surface area contributed by atoms with Crippen molar-refractivity contribution in [3.05, 3.63) is 20.8 Å². The van der Waals surface area contributed by atoms with E-state index in [-0.39, 0.29) is 11.9 Å². The highest BCUT2D eigenvalue weighted by Crippen LogP contribution is 2.27. The van der Waals surface area contributed by atoms with E-state index in [0.717, 1.165) is 35.2 Å². The van der Waals surface area contributed by atoms with E-state index >= 15 is 0 Å². The van der Waals surface area contributed by atoms with Crippen LogP contribution in [-0.2, 0) is 4.74 Å². The standard InChI is InChI=1S/C10H11BrO2S/c11-7-4-6-14-10(7)9(12)8-3-1-2-5-13-8/h4,6,8H,1-3,5H2. The van der Waals surface area contributed by atoms with Crippen LogP contribution in [0.15, 0.2) is 15.9 Å². The number of ether oxygens (including phenoxy) is 1. The van der Waals surface area contributed by atoms with E-state index in [1.807, 2.05) is 11.4 Å². The molecular weight excluding hydrogens is 264 g/mol. The van der Waals surface area contributed by atoms with Gasteiger partial charge in [0.05, 0.1) is 4.88 Å². The van der Waals surface area contributed by atoms with Crippen molar-refractivity contribution in [3.8, 4) is 0 Å². The van der Waals surface area contributed by atoms with E-state index in [0.29, 0.717) is 0 Å². The van der Waals surface area contributed by atoms with E-state index in [9.17, 15) is 4.79 Å². The highest BCUT2D eigenvalue weighted by Gasteiger charge is 2.25. The lowest BCUT2D eigenvalue weighted by Crippen LogP contribution is -2.27. The summed E-state index contributed by atoms with van der Waals surface area (Å²) in [6.45, 7) is 0.722. The van der Waals surface area contributed by atoms with Gasteiger partial charge in [-0.15, -0.1) is 11.3 Å². The fraction of sp³-hybridized carbons (Fsp3) is 0.500. The number of thiophene rings is 1. The van der Waals surface area contributed by atoms with Gasteiger partial charge in [0.25, 0.3) is 0 Å². The summed E-state index contributed by atoms with van der Waals surface area (Å²) < 4.78 is 6.35. The Labute approximate surface area is 95.4 Å². The highest BCUT2D eigenvalue weighted by molar-refractivity contribution is 9.10. The molecule has 1 aromatic heterocycles. The molecule has 0 aliphatic carbocycles. The van der Waals surface area contributed by atoms with Crippen LogP contribution in [0.2, 0.25) is 0 Å². The number of Topliss-reactive ketones (excluding diaryl/α,β-unsaturated/α-hetero) is 1. The summed E-state index contributed by atoms with van der Waals surface area (Å²) in [5.41, 5.74) is 0. The van der Waals surface area contributed by atoms with Crippen LogP contribution in [0.4, 0.5) is 0 Å². The van der Waals surface area contributed by atoms with Crippen molar-refractivity contribution in [2.75, 3.05) is 6.61 Å². The summed E-state index contributed by atoms with van der Waals surface area (Å²) in [6.07, 6.45) is 2.83. The number of ketones is 1. The molecule has 1 aliphatic rings. The Morgan fingerprint density at radius 2 is 2.43 bits per heavy atom. The van der Waals surface area contributed by atoms with Gasteiger partial charge in [-0.05, 0) is 46.6 Å². The maximum absolute atomic E-state index is 11.9. The zero-order chi connectivity index (χ0) is 9.97. The van der Waals surface area contributed by atoms with E-state index in [1.54, 1.807) is 0 Å². The van der Waals surface area contributed by atoms with Crippen molar-refractivity contribution >= 4 is 33.0 Å². The van der Waals surface area contributed by atoms with Gasteiger partial charge in [0.15, 0.2) is 0 Å². The minimum atomic E-state index is -0.210. The van der Waals surface area contributed by atoms with Crippen LogP contribution in [-0.4, -0.2) is 18.5 Å². The van der Waals surface area contributed by atoms with Crippen LogP contribution >= 0.6 is 27.3 Å². The van der Waals surface area contributed by atoms with Crippen molar-refractivity contribution < 1.29 is 9.53 Å². The summed E-state index contributed by atoms with van der Waals surface area (Å²) in [4.78, 5) is 12.7. The van der Waals surface area contributed by atoms with Crippen molar-refractivity contribution in [1.29, 1.82) is 0 Å². The van der Waals surface area contributed by atoms with E-state index in [1.165, 1.54) is 11.3 Å². The second kappa shape index (κ2) is 4.55. The summed E-state index contributed by atoms with van der Waals surface area (Å²) in [5.74, 6) is 0.131. The minimum absolute atomic E-state index is 0.131. The molecule has 1 saturated heterocycles. The van der Waals surface area contributed by atoms with Gasteiger partial charge in [0, 0.05) is 11.1 Å². The third kappa shape index (κ3) is 2.07.